The van der Waals surface area contributed by atoms with Crippen LogP contribution in [0.3, 0.4) is 0 Å². The monoisotopic (exact) mass is 352 g/mol. The fourth-order valence-corrected chi connectivity index (χ4v) is 2.89. The van der Waals surface area contributed by atoms with Crippen molar-refractivity contribution < 1.29 is 17.9 Å². The largest absolute Gasteiger partial charge is 0.486 e. The summed E-state index contributed by atoms with van der Waals surface area (Å²) in [5.74, 6) is 1.27. The topological polar surface area (TPSA) is 77.0 Å². The number of halogens is 1. The summed E-state index contributed by atoms with van der Waals surface area (Å²) in [6.07, 6.45) is 1.39. The molecule has 0 aromatic heterocycles. The van der Waals surface area contributed by atoms with E-state index in [1.165, 1.54) is 30.5 Å². The zero-order valence-corrected chi connectivity index (χ0v) is 13.5. The van der Waals surface area contributed by atoms with Crippen molar-refractivity contribution in [3.63, 3.8) is 0 Å². The highest BCUT2D eigenvalue weighted by atomic mass is 35.5. The van der Waals surface area contributed by atoms with Crippen molar-refractivity contribution in [2.75, 3.05) is 13.2 Å². The highest BCUT2D eigenvalue weighted by Crippen LogP contribution is 2.30. The molecule has 0 bridgehead atoms. The number of hydrazone groups is 1. The maximum atomic E-state index is 12.1. The van der Waals surface area contributed by atoms with Gasteiger partial charge in [0.15, 0.2) is 11.5 Å². The molecule has 6 nitrogen and oxygen atoms in total. The third kappa shape index (κ3) is 3.75. The summed E-state index contributed by atoms with van der Waals surface area (Å²) in [7, 11) is -3.73. The normalized spacial score (nSPS) is 14.0. The molecular weight excluding hydrogens is 340 g/mol. The van der Waals surface area contributed by atoms with Gasteiger partial charge < -0.3 is 9.47 Å². The van der Waals surface area contributed by atoms with E-state index in [0.717, 1.165) is 0 Å². The van der Waals surface area contributed by atoms with E-state index in [1.807, 2.05) is 0 Å². The Hall–Kier alpha value is -2.25. The van der Waals surface area contributed by atoms with Crippen LogP contribution in [-0.4, -0.2) is 27.8 Å². The van der Waals surface area contributed by atoms with E-state index in [9.17, 15) is 8.42 Å². The van der Waals surface area contributed by atoms with Gasteiger partial charge in [0.1, 0.15) is 13.2 Å². The summed E-state index contributed by atoms with van der Waals surface area (Å²) in [5.41, 5.74) is 0.688. The number of sulfonamides is 1. The van der Waals surface area contributed by atoms with Crippen molar-refractivity contribution in [2.24, 2.45) is 5.10 Å². The molecular formula is C15H13ClN2O4S. The van der Waals surface area contributed by atoms with E-state index in [4.69, 9.17) is 21.1 Å². The molecule has 8 heteroatoms. The van der Waals surface area contributed by atoms with E-state index in [-0.39, 0.29) is 4.90 Å². The van der Waals surface area contributed by atoms with E-state index in [1.54, 1.807) is 18.2 Å². The van der Waals surface area contributed by atoms with E-state index >= 15 is 0 Å². The second-order valence-electron chi connectivity index (χ2n) is 4.71. The Morgan fingerprint density at radius 3 is 2.48 bits per heavy atom. The van der Waals surface area contributed by atoms with Crippen LogP contribution in [0, 0.1) is 0 Å². The van der Waals surface area contributed by atoms with Gasteiger partial charge in [-0.3, -0.25) is 0 Å². The van der Waals surface area contributed by atoms with Gasteiger partial charge in [0, 0.05) is 5.02 Å². The lowest BCUT2D eigenvalue weighted by Crippen LogP contribution is -2.18. The molecule has 1 aliphatic rings. The Morgan fingerprint density at radius 1 is 1.04 bits per heavy atom. The van der Waals surface area contributed by atoms with Gasteiger partial charge in [-0.05, 0) is 48.0 Å². The van der Waals surface area contributed by atoms with Gasteiger partial charge in [-0.2, -0.15) is 13.5 Å². The van der Waals surface area contributed by atoms with Crippen molar-refractivity contribution >= 4 is 27.8 Å². The van der Waals surface area contributed by atoms with Crippen LogP contribution in [0.1, 0.15) is 5.56 Å². The Morgan fingerprint density at radius 2 is 1.74 bits per heavy atom. The SMILES string of the molecule is O=S(=O)(NN=Cc1ccc2c(c1)OCCO2)c1ccc(Cl)cc1. The van der Waals surface area contributed by atoms with Gasteiger partial charge in [0.25, 0.3) is 10.0 Å². The van der Waals surface area contributed by atoms with Gasteiger partial charge in [0.05, 0.1) is 11.1 Å². The fraction of sp³-hybridized carbons (Fsp3) is 0.133. The number of hydrogen-bond acceptors (Lipinski definition) is 5. The Bertz CT molecular complexity index is 835. The molecule has 3 rings (SSSR count). The molecule has 1 aliphatic heterocycles. The lowest BCUT2D eigenvalue weighted by atomic mass is 10.2. The lowest BCUT2D eigenvalue weighted by molar-refractivity contribution is 0.171. The van der Waals surface area contributed by atoms with Gasteiger partial charge >= 0.3 is 0 Å². The van der Waals surface area contributed by atoms with Crippen LogP contribution in [-0.2, 0) is 10.0 Å². The minimum Gasteiger partial charge on any atom is -0.486 e. The summed E-state index contributed by atoms with van der Waals surface area (Å²) < 4.78 is 35.0. The molecule has 0 saturated carbocycles. The smallest absolute Gasteiger partial charge is 0.276 e. The molecule has 0 unspecified atom stereocenters. The van der Waals surface area contributed by atoms with Crippen LogP contribution in [0.25, 0.3) is 0 Å². The average Bonchev–Trinajstić information content (AvgIpc) is 2.55. The number of fused-ring (bicyclic) bond motifs is 1. The molecule has 0 aliphatic carbocycles. The Balaban J connectivity index is 1.72. The first-order chi connectivity index (χ1) is 11.0. The highest BCUT2D eigenvalue weighted by Gasteiger charge is 2.13. The predicted molar refractivity (Wildman–Crippen MR) is 86.8 cm³/mol. The summed E-state index contributed by atoms with van der Waals surface area (Å²) in [6.45, 7) is 0.998. The first kappa shape index (κ1) is 15.6. The van der Waals surface area contributed by atoms with Crippen molar-refractivity contribution in [3.05, 3.63) is 53.1 Å². The van der Waals surface area contributed by atoms with Crippen LogP contribution in [0.15, 0.2) is 52.5 Å². The molecule has 2 aromatic rings. The Kier molecular flexibility index (Phi) is 4.40. The second-order valence-corrected chi connectivity index (χ2v) is 6.81. The van der Waals surface area contributed by atoms with Gasteiger partial charge in [0.2, 0.25) is 0 Å². The molecule has 0 fully saturated rings. The third-order valence-corrected chi connectivity index (χ3v) is 4.57. The first-order valence-electron chi connectivity index (χ1n) is 6.75. The maximum absolute atomic E-state index is 12.1. The average molecular weight is 353 g/mol. The summed E-state index contributed by atoms with van der Waals surface area (Å²) in [5, 5.41) is 4.23. The minimum absolute atomic E-state index is 0.0845. The zero-order valence-electron chi connectivity index (χ0n) is 11.9. The third-order valence-electron chi connectivity index (χ3n) is 3.08. The predicted octanol–water partition coefficient (Wildman–Crippen LogP) is 2.42. The van der Waals surface area contributed by atoms with Gasteiger partial charge in [-0.15, -0.1) is 0 Å². The van der Waals surface area contributed by atoms with Crippen molar-refractivity contribution in [1.29, 1.82) is 0 Å². The molecule has 0 saturated heterocycles. The van der Waals surface area contributed by atoms with Crippen molar-refractivity contribution in [1.82, 2.24) is 4.83 Å². The van der Waals surface area contributed by atoms with Crippen LogP contribution in [0.2, 0.25) is 5.02 Å². The molecule has 120 valence electrons. The van der Waals surface area contributed by atoms with Crippen LogP contribution in [0.4, 0.5) is 0 Å². The zero-order chi connectivity index (χ0) is 16.3. The van der Waals surface area contributed by atoms with E-state index in [0.29, 0.717) is 35.3 Å². The molecule has 0 radical (unpaired) electrons. The summed E-state index contributed by atoms with van der Waals surface area (Å²) >= 11 is 5.74. The minimum atomic E-state index is -3.73. The summed E-state index contributed by atoms with van der Waals surface area (Å²) in [6, 6.07) is 11.1. The quantitative estimate of drug-likeness (QED) is 0.677. The number of ether oxygens (including phenoxy) is 2. The lowest BCUT2D eigenvalue weighted by Gasteiger charge is -2.18. The molecule has 1 heterocycles. The molecule has 0 atom stereocenters. The maximum Gasteiger partial charge on any atom is 0.276 e. The fourth-order valence-electron chi connectivity index (χ4n) is 1.98. The number of benzene rings is 2. The molecule has 2 aromatic carbocycles. The van der Waals surface area contributed by atoms with Crippen molar-refractivity contribution in [2.45, 2.75) is 4.90 Å². The molecule has 1 N–H and O–H groups in total. The number of hydrogen-bond donors (Lipinski definition) is 1. The van der Waals surface area contributed by atoms with E-state index < -0.39 is 10.0 Å². The number of nitrogens with zero attached hydrogens (tertiary/aromatic N) is 1. The first-order valence-corrected chi connectivity index (χ1v) is 8.61. The van der Waals surface area contributed by atoms with E-state index in [2.05, 4.69) is 9.93 Å². The standard InChI is InChI=1S/C15H13ClN2O4S/c16-12-2-4-13(5-3-12)23(19,20)18-17-10-11-1-6-14-15(9-11)22-8-7-21-14/h1-6,9-10,18H,7-8H2. The molecule has 23 heavy (non-hydrogen) atoms. The second kappa shape index (κ2) is 6.47. The summed E-state index contributed by atoms with van der Waals surface area (Å²) in [4.78, 5) is 2.23. The molecule has 0 spiro atoms. The van der Waals surface area contributed by atoms with Gasteiger partial charge in [-0.1, -0.05) is 11.6 Å². The Labute approximate surface area is 138 Å². The van der Waals surface area contributed by atoms with Crippen molar-refractivity contribution in [3.8, 4) is 11.5 Å². The highest BCUT2D eigenvalue weighted by molar-refractivity contribution is 7.89. The number of rotatable bonds is 4. The van der Waals surface area contributed by atoms with Gasteiger partial charge in [-0.25, -0.2) is 4.83 Å². The van der Waals surface area contributed by atoms with Crippen LogP contribution < -0.4 is 14.3 Å². The molecule has 0 amide bonds. The number of nitrogens with one attached hydrogen (secondary N) is 1. The van der Waals surface area contributed by atoms with Crippen LogP contribution >= 0.6 is 11.6 Å². The van der Waals surface area contributed by atoms with Crippen LogP contribution in [0.5, 0.6) is 11.5 Å².